The van der Waals surface area contributed by atoms with Crippen LogP contribution >= 0.6 is 36.2 Å². The molecular weight excluding hydrogens is 176 g/mol. The molecule has 0 aliphatic rings. The summed E-state index contributed by atoms with van der Waals surface area (Å²) in [6.45, 7) is 0. The van der Waals surface area contributed by atoms with Crippen LogP contribution in [0.4, 0.5) is 0 Å². The van der Waals surface area contributed by atoms with Crippen molar-refractivity contribution in [2.45, 2.75) is 0 Å². The van der Waals surface area contributed by atoms with Gasteiger partial charge < -0.3 is 11.5 Å². The molecule has 0 atom stereocenters. The van der Waals surface area contributed by atoms with Crippen LogP contribution in [0, 0.1) is 0 Å². The van der Waals surface area contributed by atoms with E-state index in [0.29, 0.717) is 0 Å². The van der Waals surface area contributed by atoms with Crippen LogP contribution in [0.2, 0.25) is 0 Å². The molecule has 4 nitrogen and oxygen atoms in total. The Hall–Kier alpha value is 0.0500. The molecule has 0 aliphatic heterocycles. The van der Waals surface area contributed by atoms with Crippen LogP contribution < -0.4 is 23.2 Å². The molecule has 9 heavy (non-hydrogen) atoms. The maximum atomic E-state index is 5.02. The average Bonchev–Trinajstić information content (AvgIpc) is 1.68. The third-order valence-corrected chi connectivity index (χ3v) is 1.10. The van der Waals surface area contributed by atoms with Crippen LogP contribution in [-0.2, 0) is 0 Å². The van der Waals surface area contributed by atoms with E-state index in [0.717, 1.165) is 11.8 Å². The highest BCUT2D eigenvalue weighted by Crippen LogP contribution is 1.96. The average molecular weight is 184 g/mol. The van der Waals surface area contributed by atoms with Crippen molar-refractivity contribution in [1.82, 2.24) is 0 Å². The van der Waals surface area contributed by atoms with Crippen molar-refractivity contribution in [3.63, 3.8) is 0 Å². The van der Waals surface area contributed by atoms with Crippen LogP contribution in [0.15, 0.2) is 0 Å². The maximum Gasteiger partial charge on any atom is 0.138 e. The summed E-state index contributed by atoms with van der Waals surface area (Å²) < 4.78 is 0.542. The van der Waals surface area contributed by atoms with E-state index in [1.165, 1.54) is 0 Å². The van der Waals surface area contributed by atoms with E-state index in [1.807, 2.05) is 0 Å². The monoisotopic (exact) mass is 184 g/mol. The van der Waals surface area contributed by atoms with Crippen LogP contribution in [0.1, 0.15) is 0 Å². The summed E-state index contributed by atoms with van der Waals surface area (Å²) in [6.07, 6.45) is 0. The summed E-state index contributed by atoms with van der Waals surface area (Å²) in [5, 5.41) is 0. The second-order valence-corrected chi connectivity index (χ2v) is 3.22. The summed E-state index contributed by atoms with van der Waals surface area (Å²) >= 11 is 9.92. The molecule has 0 unspecified atom stereocenters. The molecule has 8 N–H and O–H groups in total. The molecule has 54 valence electrons. The first-order valence-electron chi connectivity index (χ1n) is 1.73. The minimum Gasteiger partial charge on any atom is -0.384 e. The first-order valence-corrected chi connectivity index (χ1v) is 3.36. The fourth-order valence-electron chi connectivity index (χ4n) is 0.0991. The standard InChI is InChI=1S/C2H4N2S3.H4N2/c3-1(5)7-2(4)6;1-2/h(H2,3,5)(H2,4,6);1-2H2. The number of thiocarbonyl (C=S) groups is 2. The highest BCUT2D eigenvalue weighted by molar-refractivity contribution is 8.37. The van der Waals surface area contributed by atoms with E-state index in [9.17, 15) is 0 Å². The molecule has 0 saturated heterocycles. The SMILES string of the molecule is NC(=S)SC(N)=S.NN. The summed E-state index contributed by atoms with van der Waals surface area (Å²) in [5.74, 6) is 8.00. The Morgan fingerprint density at radius 3 is 1.22 bits per heavy atom. The Morgan fingerprint density at radius 2 is 1.22 bits per heavy atom. The lowest BCUT2D eigenvalue weighted by Gasteiger charge is -1.88. The highest BCUT2D eigenvalue weighted by Gasteiger charge is 1.89. The lowest BCUT2D eigenvalue weighted by molar-refractivity contribution is 1.26. The maximum absolute atomic E-state index is 5.02. The van der Waals surface area contributed by atoms with E-state index in [2.05, 4.69) is 36.1 Å². The molecule has 0 saturated carbocycles. The predicted molar refractivity (Wildman–Crippen MR) is 49.5 cm³/mol. The lowest BCUT2D eigenvalue weighted by Crippen LogP contribution is -2.10. The normalized spacial score (nSPS) is 6.89. The van der Waals surface area contributed by atoms with Gasteiger partial charge in [0.15, 0.2) is 0 Å². The summed E-state index contributed by atoms with van der Waals surface area (Å²) in [6, 6.07) is 0. The van der Waals surface area contributed by atoms with Crippen LogP contribution in [-0.4, -0.2) is 8.64 Å². The van der Waals surface area contributed by atoms with Gasteiger partial charge in [-0.2, -0.15) is 0 Å². The number of thioether (sulfide) groups is 1. The lowest BCUT2D eigenvalue weighted by atomic mass is 11.5. The molecule has 0 aliphatic carbocycles. The Balaban J connectivity index is 0. The summed E-state index contributed by atoms with van der Waals surface area (Å²) in [5.41, 5.74) is 10.0. The fraction of sp³-hybridized carbons (Fsp3) is 0. The molecule has 7 heteroatoms. The van der Waals surface area contributed by atoms with Gasteiger partial charge in [-0.15, -0.1) is 0 Å². The predicted octanol–water partition coefficient (Wildman–Crippen LogP) is -0.974. The van der Waals surface area contributed by atoms with Crippen LogP contribution in [0.25, 0.3) is 0 Å². The Kier molecular flexibility index (Phi) is 10.6. The summed E-state index contributed by atoms with van der Waals surface area (Å²) in [7, 11) is 0. The number of hydrogen-bond donors (Lipinski definition) is 4. The second-order valence-electron chi connectivity index (χ2n) is 0.740. The largest absolute Gasteiger partial charge is 0.384 e. The van der Waals surface area contributed by atoms with Gasteiger partial charge in [-0.3, -0.25) is 11.7 Å². The van der Waals surface area contributed by atoms with Crippen molar-refractivity contribution in [3.05, 3.63) is 0 Å². The van der Waals surface area contributed by atoms with Gasteiger partial charge in [-0.1, -0.05) is 24.4 Å². The van der Waals surface area contributed by atoms with E-state index in [1.54, 1.807) is 0 Å². The van der Waals surface area contributed by atoms with Crippen LogP contribution in [0.3, 0.4) is 0 Å². The first-order chi connectivity index (χ1) is 4.13. The zero-order chi connectivity index (χ0) is 7.86. The van der Waals surface area contributed by atoms with E-state index in [-0.39, 0.29) is 8.64 Å². The number of nitrogens with two attached hydrogens (primary N) is 4. The molecule has 0 rings (SSSR count). The van der Waals surface area contributed by atoms with Crippen molar-refractivity contribution in [2.24, 2.45) is 23.2 Å². The molecule has 0 amide bonds. The molecule has 0 aromatic rings. The van der Waals surface area contributed by atoms with E-state index in [4.69, 9.17) is 11.5 Å². The number of hydrazine groups is 1. The van der Waals surface area contributed by atoms with Gasteiger partial charge >= 0.3 is 0 Å². The third-order valence-electron chi connectivity index (χ3n) is 0.201. The second kappa shape index (κ2) is 8.05. The van der Waals surface area contributed by atoms with Crippen molar-refractivity contribution in [2.75, 3.05) is 0 Å². The molecule has 0 aromatic carbocycles. The molecule has 0 fully saturated rings. The summed E-state index contributed by atoms with van der Waals surface area (Å²) in [4.78, 5) is 0. The van der Waals surface area contributed by atoms with Crippen LogP contribution in [0.5, 0.6) is 0 Å². The minimum absolute atomic E-state index is 0.271. The van der Waals surface area contributed by atoms with E-state index >= 15 is 0 Å². The van der Waals surface area contributed by atoms with Crippen molar-refractivity contribution >= 4 is 44.8 Å². The zero-order valence-corrected chi connectivity index (χ0v) is 6.98. The van der Waals surface area contributed by atoms with Gasteiger partial charge in [-0.05, 0) is 11.8 Å². The highest BCUT2D eigenvalue weighted by atomic mass is 32.2. The quantitative estimate of drug-likeness (QED) is 0.218. The Labute approximate surface area is 68.3 Å². The molecule has 0 radical (unpaired) electrons. The molecule has 0 bridgehead atoms. The van der Waals surface area contributed by atoms with Crippen molar-refractivity contribution in [3.8, 4) is 0 Å². The van der Waals surface area contributed by atoms with Gasteiger partial charge in [0.25, 0.3) is 0 Å². The Morgan fingerprint density at radius 1 is 1.00 bits per heavy atom. The Bertz CT molecular complexity index is 90.0. The molecular formula is C2H8N4S3. The fourth-order valence-corrected chi connectivity index (χ4v) is 0.994. The number of hydrogen-bond acceptors (Lipinski definition) is 5. The van der Waals surface area contributed by atoms with Gasteiger partial charge in [0.05, 0.1) is 0 Å². The topological polar surface area (TPSA) is 104 Å². The van der Waals surface area contributed by atoms with Gasteiger partial charge in [-0.25, -0.2) is 0 Å². The van der Waals surface area contributed by atoms with Gasteiger partial charge in [0.1, 0.15) is 8.64 Å². The molecule has 0 heterocycles. The van der Waals surface area contributed by atoms with Crippen molar-refractivity contribution in [1.29, 1.82) is 0 Å². The third kappa shape index (κ3) is 18.0. The van der Waals surface area contributed by atoms with E-state index < -0.39 is 0 Å². The molecule has 0 spiro atoms. The van der Waals surface area contributed by atoms with Crippen molar-refractivity contribution < 1.29 is 0 Å². The van der Waals surface area contributed by atoms with Gasteiger partial charge in [0.2, 0.25) is 0 Å². The molecule has 0 aromatic heterocycles. The minimum atomic E-state index is 0.271. The first kappa shape index (κ1) is 11.8. The smallest absolute Gasteiger partial charge is 0.138 e. The van der Waals surface area contributed by atoms with Gasteiger partial charge in [0, 0.05) is 0 Å². The number of rotatable bonds is 0. The zero-order valence-electron chi connectivity index (χ0n) is 4.53.